The first-order valence-electron chi connectivity index (χ1n) is 8.56. The molecule has 2 aromatic rings. The average molecular weight is 410 g/mol. The summed E-state index contributed by atoms with van der Waals surface area (Å²) in [5.41, 5.74) is 0.860. The van der Waals surface area contributed by atoms with Gasteiger partial charge < -0.3 is 5.32 Å². The minimum absolute atomic E-state index is 0.0236. The molecule has 1 amide bonds. The van der Waals surface area contributed by atoms with Crippen molar-refractivity contribution < 1.29 is 18.1 Å². The monoisotopic (exact) mass is 410 g/mol. The van der Waals surface area contributed by atoms with E-state index in [4.69, 9.17) is 0 Å². The number of aromatic nitrogens is 3. The molecule has 12 heteroatoms. The summed E-state index contributed by atoms with van der Waals surface area (Å²) in [7, 11) is -1.75. The standard InChI is InChI=1S/C16H22N6O5S/c1-4-28(26,27)20(3)10-6-9-17-16(23)15-12(2)21(19-18-15)13-7-5-8-14(11-13)22(24)25/h5,7-8,11H,4,6,9-10H2,1-3H3,(H,17,23). The van der Waals surface area contributed by atoms with Crippen molar-refractivity contribution in [3.8, 4) is 5.69 Å². The topological polar surface area (TPSA) is 140 Å². The zero-order chi connectivity index (χ0) is 20.9. The zero-order valence-corrected chi connectivity index (χ0v) is 16.6. The summed E-state index contributed by atoms with van der Waals surface area (Å²) < 4.78 is 25.9. The molecule has 0 radical (unpaired) electrons. The smallest absolute Gasteiger partial charge is 0.273 e. The molecule has 1 N–H and O–H groups in total. The maximum Gasteiger partial charge on any atom is 0.273 e. The Morgan fingerprint density at radius 1 is 1.39 bits per heavy atom. The summed E-state index contributed by atoms with van der Waals surface area (Å²) in [5.74, 6) is -0.425. The highest BCUT2D eigenvalue weighted by Crippen LogP contribution is 2.18. The van der Waals surface area contributed by atoms with Crippen molar-refractivity contribution in [3.05, 3.63) is 45.8 Å². The quantitative estimate of drug-likeness (QED) is 0.368. The van der Waals surface area contributed by atoms with Gasteiger partial charge in [-0.2, -0.15) is 0 Å². The number of nitro benzene ring substituents is 1. The predicted molar refractivity (Wildman–Crippen MR) is 102 cm³/mol. The van der Waals surface area contributed by atoms with Gasteiger partial charge in [0.25, 0.3) is 11.6 Å². The second-order valence-electron chi connectivity index (χ2n) is 6.04. The number of nitrogens with zero attached hydrogens (tertiary/aromatic N) is 5. The Hall–Kier alpha value is -2.86. The van der Waals surface area contributed by atoms with Crippen LogP contribution in [0, 0.1) is 17.0 Å². The van der Waals surface area contributed by atoms with Crippen molar-refractivity contribution in [3.63, 3.8) is 0 Å². The van der Waals surface area contributed by atoms with Gasteiger partial charge in [-0.05, 0) is 26.3 Å². The number of non-ortho nitro benzene ring substituents is 1. The summed E-state index contributed by atoms with van der Waals surface area (Å²) in [6, 6.07) is 5.85. The second-order valence-corrected chi connectivity index (χ2v) is 8.41. The highest BCUT2D eigenvalue weighted by molar-refractivity contribution is 7.89. The fourth-order valence-electron chi connectivity index (χ4n) is 2.47. The van der Waals surface area contributed by atoms with Gasteiger partial charge in [0.1, 0.15) is 0 Å². The summed E-state index contributed by atoms with van der Waals surface area (Å²) >= 11 is 0. The molecule has 0 fully saturated rings. The van der Waals surface area contributed by atoms with E-state index in [0.717, 1.165) is 0 Å². The number of nitro groups is 1. The maximum absolute atomic E-state index is 12.3. The fourth-order valence-corrected chi connectivity index (χ4v) is 3.32. The van der Waals surface area contributed by atoms with Gasteiger partial charge >= 0.3 is 0 Å². The Morgan fingerprint density at radius 2 is 2.11 bits per heavy atom. The van der Waals surface area contributed by atoms with Gasteiger partial charge in [-0.3, -0.25) is 14.9 Å². The Morgan fingerprint density at radius 3 is 2.75 bits per heavy atom. The maximum atomic E-state index is 12.3. The van der Waals surface area contributed by atoms with Crippen molar-refractivity contribution in [1.29, 1.82) is 0 Å². The van der Waals surface area contributed by atoms with Crippen LogP contribution in [0.25, 0.3) is 5.69 Å². The molecule has 0 aliphatic carbocycles. The summed E-state index contributed by atoms with van der Waals surface area (Å²) in [6.45, 7) is 3.76. The van der Waals surface area contributed by atoms with E-state index in [9.17, 15) is 23.3 Å². The van der Waals surface area contributed by atoms with Gasteiger partial charge in [-0.15, -0.1) is 5.10 Å². The van der Waals surface area contributed by atoms with Gasteiger partial charge in [0.05, 0.1) is 22.1 Å². The van der Waals surface area contributed by atoms with Crippen LogP contribution in [0.4, 0.5) is 5.69 Å². The van der Waals surface area contributed by atoms with E-state index >= 15 is 0 Å². The van der Waals surface area contributed by atoms with E-state index < -0.39 is 20.9 Å². The lowest BCUT2D eigenvalue weighted by atomic mass is 10.2. The first kappa shape index (κ1) is 21.4. The van der Waals surface area contributed by atoms with E-state index in [1.807, 2.05) is 0 Å². The normalized spacial score (nSPS) is 11.6. The SMILES string of the molecule is CCS(=O)(=O)N(C)CCCNC(=O)c1nnn(-c2cccc([N+](=O)[O-])c2)c1C. The second kappa shape index (κ2) is 8.89. The molecule has 0 bridgehead atoms. The third kappa shape index (κ3) is 4.89. The Balaban J connectivity index is 2.01. The van der Waals surface area contributed by atoms with E-state index in [0.29, 0.717) is 17.8 Å². The van der Waals surface area contributed by atoms with E-state index in [1.165, 1.54) is 34.2 Å². The Labute approximate surface area is 162 Å². The first-order valence-corrected chi connectivity index (χ1v) is 10.2. The van der Waals surface area contributed by atoms with Crippen LogP contribution in [-0.4, -0.2) is 64.4 Å². The fraction of sp³-hybridized carbons (Fsp3) is 0.438. The van der Waals surface area contributed by atoms with Crippen LogP contribution in [0.15, 0.2) is 24.3 Å². The van der Waals surface area contributed by atoms with E-state index in [1.54, 1.807) is 19.9 Å². The van der Waals surface area contributed by atoms with E-state index in [-0.39, 0.29) is 30.2 Å². The minimum atomic E-state index is -3.25. The molecule has 2 rings (SSSR count). The number of nitrogens with one attached hydrogen (secondary N) is 1. The summed E-state index contributed by atoms with van der Waals surface area (Å²) in [4.78, 5) is 22.7. The first-order chi connectivity index (χ1) is 13.2. The number of carbonyl (C=O) groups is 1. The van der Waals surface area contributed by atoms with Gasteiger partial charge in [0.2, 0.25) is 10.0 Å². The zero-order valence-electron chi connectivity index (χ0n) is 15.8. The van der Waals surface area contributed by atoms with Crippen molar-refractivity contribution in [2.24, 2.45) is 0 Å². The molecule has 0 spiro atoms. The van der Waals surface area contributed by atoms with Crippen molar-refractivity contribution in [2.75, 3.05) is 25.9 Å². The van der Waals surface area contributed by atoms with Crippen LogP contribution < -0.4 is 5.32 Å². The van der Waals surface area contributed by atoms with Crippen molar-refractivity contribution >= 4 is 21.6 Å². The van der Waals surface area contributed by atoms with Crippen molar-refractivity contribution in [2.45, 2.75) is 20.3 Å². The van der Waals surface area contributed by atoms with Gasteiger partial charge in [-0.25, -0.2) is 17.4 Å². The van der Waals surface area contributed by atoms with Crippen LogP contribution in [0.5, 0.6) is 0 Å². The highest BCUT2D eigenvalue weighted by atomic mass is 32.2. The minimum Gasteiger partial charge on any atom is -0.351 e. The number of carbonyl (C=O) groups excluding carboxylic acids is 1. The summed E-state index contributed by atoms with van der Waals surface area (Å²) in [5, 5.41) is 21.3. The average Bonchev–Trinajstić information content (AvgIpc) is 3.06. The largest absolute Gasteiger partial charge is 0.351 e. The molecule has 1 aromatic heterocycles. The number of rotatable bonds is 9. The van der Waals surface area contributed by atoms with Crippen molar-refractivity contribution in [1.82, 2.24) is 24.6 Å². The number of sulfonamides is 1. The van der Waals surface area contributed by atoms with Gasteiger partial charge in [-0.1, -0.05) is 11.3 Å². The number of benzene rings is 1. The Bertz CT molecular complexity index is 972. The summed E-state index contributed by atoms with van der Waals surface area (Å²) in [6.07, 6.45) is 0.444. The molecule has 0 saturated heterocycles. The molecule has 0 aliphatic rings. The highest BCUT2D eigenvalue weighted by Gasteiger charge is 2.19. The molecule has 152 valence electrons. The van der Waals surface area contributed by atoms with Crippen LogP contribution >= 0.6 is 0 Å². The lowest BCUT2D eigenvalue weighted by Gasteiger charge is -2.15. The number of amides is 1. The Kier molecular flexibility index (Phi) is 6.80. The molecular formula is C16H22N6O5S. The molecular weight excluding hydrogens is 388 g/mol. The number of hydrogen-bond donors (Lipinski definition) is 1. The third-order valence-electron chi connectivity index (χ3n) is 4.17. The lowest BCUT2D eigenvalue weighted by Crippen LogP contribution is -2.32. The lowest BCUT2D eigenvalue weighted by molar-refractivity contribution is -0.384. The molecule has 11 nitrogen and oxygen atoms in total. The predicted octanol–water partition coefficient (Wildman–Crippen LogP) is 0.885. The van der Waals surface area contributed by atoms with Crippen LogP contribution in [0.3, 0.4) is 0 Å². The third-order valence-corrected chi connectivity index (χ3v) is 6.03. The van der Waals surface area contributed by atoms with Gasteiger partial charge in [0, 0.05) is 32.3 Å². The molecule has 0 atom stereocenters. The van der Waals surface area contributed by atoms with E-state index in [2.05, 4.69) is 15.6 Å². The van der Waals surface area contributed by atoms with Gasteiger partial charge in [0.15, 0.2) is 5.69 Å². The molecule has 0 unspecified atom stereocenters. The molecule has 1 aromatic carbocycles. The molecule has 28 heavy (non-hydrogen) atoms. The van der Waals surface area contributed by atoms with Crippen LogP contribution in [-0.2, 0) is 10.0 Å². The van der Waals surface area contributed by atoms with Crippen LogP contribution in [0.1, 0.15) is 29.5 Å². The number of hydrogen-bond acceptors (Lipinski definition) is 7. The van der Waals surface area contributed by atoms with Crippen LogP contribution in [0.2, 0.25) is 0 Å². The molecule has 0 aliphatic heterocycles. The molecule has 0 saturated carbocycles. The molecule has 1 heterocycles.